The molecule has 0 aromatic heterocycles. The first kappa shape index (κ1) is 17.5. The number of hydrogen-bond acceptors (Lipinski definition) is 3. The second kappa shape index (κ2) is 5.53. The van der Waals surface area contributed by atoms with E-state index in [0.29, 0.717) is 23.5 Å². The van der Waals surface area contributed by atoms with Crippen LogP contribution < -0.4 is 5.73 Å². The Balaban J connectivity index is 1.70. The maximum atomic E-state index is 11.9. The lowest BCUT2D eigenvalue weighted by Gasteiger charge is -2.70. The van der Waals surface area contributed by atoms with Crippen molar-refractivity contribution in [3.05, 3.63) is 0 Å². The summed E-state index contributed by atoms with van der Waals surface area (Å²) in [5.74, 6) is 2.72. The van der Waals surface area contributed by atoms with Crippen molar-refractivity contribution in [2.45, 2.75) is 76.9 Å². The highest BCUT2D eigenvalue weighted by molar-refractivity contribution is 7.84. The molecular formula is C20H35NO2S. The quantitative estimate of drug-likeness (QED) is 0.802. The van der Waals surface area contributed by atoms with Crippen LogP contribution in [0.15, 0.2) is 0 Å². The maximum Gasteiger partial charge on any atom is 0.0638 e. The molecule has 5 rings (SSSR count). The molecule has 9 atom stereocenters. The van der Waals surface area contributed by atoms with Crippen molar-refractivity contribution in [3.63, 3.8) is 0 Å². The molecule has 3 nitrogen and oxygen atoms in total. The predicted molar refractivity (Wildman–Crippen MR) is 99.0 cm³/mol. The Morgan fingerprint density at radius 2 is 1.83 bits per heavy atom. The Bertz CT molecular complexity index is 550. The van der Waals surface area contributed by atoms with E-state index in [1.165, 1.54) is 38.5 Å². The van der Waals surface area contributed by atoms with Crippen molar-refractivity contribution in [2.75, 3.05) is 12.0 Å². The van der Waals surface area contributed by atoms with Gasteiger partial charge in [0.05, 0.1) is 6.10 Å². The zero-order valence-electron chi connectivity index (χ0n) is 15.6. The Morgan fingerprint density at radius 1 is 1.12 bits per heavy atom. The van der Waals surface area contributed by atoms with Crippen LogP contribution >= 0.6 is 0 Å². The highest BCUT2D eigenvalue weighted by atomic mass is 32.2. The van der Waals surface area contributed by atoms with E-state index in [1.54, 1.807) is 6.26 Å². The largest absolute Gasteiger partial charge is 0.392 e. The summed E-state index contributed by atoms with van der Waals surface area (Å²) >= 11 is 0. The fraction of sp³-hybridized carbons (Fsp3) is 1.00. The Morgan fingerprint density at radius 3 is 2.54 bits per heavy atom. The van der Waals surface area contributed by atoms with Crippen LogP contribution in [0.5, 0.6) is 0 Å². The van der Waals surface area contributed by atoms with Crippen molar-refractivity contribution < 1.29 is 9.32 Å². The predicted octanol–water partition coefficient (Wildman–Crippen LogP) is 3.08. The minimum atomic E-state index is -0.812. The molecule has 0 amide bonds. The molecule has 1 spiro atoms. The fourth-order valence-corrected chi connectivity index (χ4v) is 9.02. The first-order chi connectivity index (χ1) is 11.2. The number of aliphatic hydroxyl groups excluding tert-OH is 1. The van der Waals surface area contributed by atoms with Gasteiger partial charge in [0.1, 0.15) is 0 Å². The van der Waals surface area contributed by atoms with Crippen LogP contribution in [0.25, 0.3) is 0 Å². The average Bonchev–Trinajstić information content (AvgIpc) is 2.49. The van der Waals surface area contributed by atoms with Gasteiger partial charge in [0.15, 0.2) is 0 Å². The highest BCUT2D eigenvalue weighted by Gasteiger charge is 2.67. The average molecular weight is 354 g/mol. The second-order valence-corrected chi connectivity index (χ2v) is 11.6. The monoisotopic (exact) mass is 353 g/mol. The molecule has 2 bridgehead atoms. The number of fused-ring (bicyclic) bond motifs is 3. The van der Waals surface area contributed by atoms with Crippen molar-refractivity contribution in [1.82, 2.24) is 0 Å². The summed E-state index contributed by atoms with van der Waals surface area (Å²) in [6, 6.07) is 0. The Kier molecular flexibility index (Phi) is 4.03. The smallest absolute Gasteiger partial charge is 0.0638 e. The summed E-state index contributed by atoms with van der Waals surface area (Å²) in [6.45, 7) is 4.77. The Labute approximate surface area is 149 Å². The molecule has 0 heterocycles. The minimum Gasteiger partial charge on any atom is -0.392 e. The summed E-state index contributed by atoms with van der Waals surface area (Å²) in [5, 5.41) is 11.4. The van der Waals surface area contributed by atoms with Crippen LogP contribution in [0.3, 0.4) is 0 Å². The van der Waals surface area contributed by atoms with Gasteiger partial charge in [-0.1, -0.05) is 13.3 Å². The van der Waals surface area contributed by atoms with Crippen LogP contribution in [0.1, 0.15) is 65.2 Å². The van der Waals surface area contributed by atoms with Gasteiger partial charge < -0.3 is 10.8 Å². The van der Waals surface area contributed by atoms with Crippen LogP contribution in [0.2, 0.25) is 0 Å². The maximum absolute atomic E-state index is 11.9. The normalized spacial score (nSPS) is 58.0. The van der Waals surface area contributed by atoms with Gasteiger partial charge in [-0.2, -0.15) is 0 Å². The van der Waals surface area contributed by atoms with E-state index >= 15 is 0 Å². The van der Waals surface area contributed by atoms with Gasteiger partial charge in [-0.3, -0.25) is 4.21 Å². The molecule has 5 aliphatic rings. The van der Waals surface area contributed by atoms with Crippen LogP contribution in [-0.2, 0) is 10.8 Å². The van der Waals surface area contributed by atoms with Crippen molar-refractivity contribution in [1.29, 1.82) is 0 Å². The zero-order chi connectivity index (χ0) is 17.3. The first-order valence-corrected chi connectivity index (χ1v) is 11.7. The van der Waals surface area contributed by atoms with Gasteiger partial charge in [-0.05, 0) is 86.4 Å². The van der Waals surface area contributed by atoms with Gasteiger partial charge in [0.2, 0.25) is 0 Å². The molecule has 5 saturated carbocycles. The summed E-state index contributed by atoms with van der Waals surface area (Å²) < 4.78 is 11.9. The van der Waals surface area contributed by atoms with E-state index < -0.39 is 10.8 Å². The molecule has 0 saturated heterocycles. The van der Waals surface area contributed by atoms with Gasteiger partial charge >= 0.3 is 0 Å². The molecule has 1 unspecified atom stereocenters. The third kappa shape index (κ3) is 2.24. The van der Waals surface area contributed by atoms with E-state index in [9.17, 15) is 9.32 Å². The lowest BCUT2D eigenvalue weighted by atomic mass is 9.36. The van der Waals surface area contributed by atoms with Crippen LogP contribution in [-0.4, -0.2) is 33.0 Å². The molecule has 5 fully saturated rings. The van der Waals surface area contributed by atoms with Crippen molar-refractivity contribution in [2.24, 2.45) is 40.2 Å². The zero-order valence-corrected chi connectivity index (χ0v) is 16.4. The van der Waals surface area contributed by atoms with Crippen molar-refractivity contribution in [3.8, 4) is 0 Å². The summed E-state index contributed by atoms with van der Waals surface area (Å²) in [5.41, 5.74) is 7.09. The van der Waals surface area contributed by atoms with Gasteiger partial charge in [0.25, 0.3) is 0 Å². The molecular weight excluding hydrogens is 318 g/mol. The molecule has 3 N–H and O–H groups in total. The highest BCUT2D eigenvalue weighted by Crippen LogP contribution is 2.70. The second-order valence-electron chi connectivity index (χ2n) is 10.1. The number of hydrogen-bond donors (Lipinski definition) is 2. The van der Waals surface area contributed by atoms with E-state index in [1.807, 2.05) is 0 Å². The van der Waals surface area contributed by atoms with E-state index in [0.717, 1.165) is 12.8 Å². The van der Waals surface area contributed by atoms with Gasteiger partial charge in [-0.25, -0.2) is 0 Å². The van der Waals surface area contributed by atoms with E-state index in [4.69, 9.17) is 5.73 Å². The third-order valence-corrected chi connectivity index (χ3v) is 9.81. The van der Waals surface area contributed by atoms with Crippen LogP contribution in [0, 0.1) is 34.5 Å². The topological polar surface area (TPSA) is 63.3 Å². The summed E-state index contributed by atoms with van der Waals surface area (Å²) in [6.07, 6.45) is 11.2. The SMILES string of the molecule is CS(=O)C[C@@H]1[C@@H]2CC[C@]3(CC[C@H]4[C@](C)(CCC[C@]4(C)N)[C@@H]3C2)[C@H]1O. The van der Waals surface area contributed by atoms with Crippen LogP contribution in [0.4, 0.5) is 0 Å². The first-order valence-electron chi connectivity index (χ1n) is 9.98. The van der Waals surface area contributed by atoms with E-state index in [-0.39, 0.29) is 28.4 Å². The summed E-state index contributed by atoms with van der Waals surface area (Å²) in [7, 11) is -0.812. The third-order valence-electron chi connectivity index (χ3n) is 8.96. The summed E-state index contributed by atoms with van der Waals surface area (Å²) in [4.78, 5) is 0. The van der Waals surface area contributed by atoms with Gasteiger partial charge in [0, 0.05) is 28.3 Å². The molecule has 5 aliphatic carbocycles. The minimum absolute atomic E-state index is 0.0411. The molecule has 4 heteroatoms. The molecule has 24 heavy (non-hydrogen) atoms. The molecule has 0 aromatic rings. The van der Waals surface area contributed by atoms with Crippen molar-refractivity contribution >= 4 is 10.8 Å². The van der Waals surface area contributed by atoms with Gasteiger partial charge in [-0.15, -0.1) is 0 Å². The number of rotatable bonds is 2. The number of nitrogens with two attached hydrogens (primary N) is 1. The standard InChI is InChI=1S/C20H35NO2S/c1-18-7-4-8-19(2,21)15(18)6-10-20-9-5-13(11-16(18)20)14(17(20)22)12-24(3)23/h13-17,22H,4-12,21H2,1-3H3/t13-,14-,15+,16+,17+,18+,19+,20-,24?/m1/s1. The lowest BCUT2D eigenvalue weighted by Crippen LogP contribution is -2.68. The van der Waals surface area contributed by atoms with E-state index in [2.05, 4.69) is 13.8 Å². The molecule has 0 radical (unpaired) electrons. The molecule has 0 aromatic carbocycles. The fourth-order valence-electron chi connectivity index (χ4n) is 8.02. The number of aliphatic hydroxyl groups is 1. The Hall–Kier alpha value is 0.0700. The molecule has 138 valence electrons. The lowest BCUT2D eigenvalue weighted by molar-refractivity contribution is -0.231. The molecule has 0 aliphatic heterocycles.